The highest BCUT2D eigenvalue weighted by atomic mass is 35.5. The number of aromatic nitrogens is 1. The monoisotopic (exact) mass is 444 g/mol. The van der Waals surface area contributed by atoms with E-state index in [9.17, 15) is 4.79 Å². The number of rotatable bonds is 7. The van der Waals surface area contributed by atoms with Crippen molar-refractivity contribution in [2.75, 3.05) is 39.2 Å². The van der Waals surface area contributed by atoms with Crippen molar-refractivity contribution >= 4 is 23.3 Å². The minimum absolute atomic E-state index is 0.00408. The highest BCUT2D eigenvalue weighted by Crippen LogP contribution is 2.40. The van der Waals surface area contributed by atoms with Crippen LogP contribution in [0.5, 0.6) is 5.75 Å². The minimum Gasteiger partial charge on any atom is -0.495 e. The van der Waals surface area contributed by atoms with Crippen molar-refractivity contribution in [2.24, 2.45) is 0 Å². The summed E-state index contributed by atoms with van der Waals surface area (Å²) in [5, 5.41) is 6.69. The Balaban J connectivity index is 1.46. The number of ether oxygens (including phenoxy) is 2. The van der Waals surface area contributed by atoms with Crippen molar-refractivity contribution in [3.8, 4) is 5.75 Å². The molecule has 4 rings (SSSR count). The Bertz CT molecular complexity index is 887. The molecule has 2 amide bonds. The van der Waals surface area contributed by atoms with E-state index in [1.807, 2.05) is 12.1 Å². The molecule has 1 aliphatic heterocycles. The second-order valence-electron chi connectivity index (χ2n) is 8.35. The molecular formula is C23H29ClN4O3. The molecule has 1 aromatic carbocycles. The van der Waals surface area contributed by atoms with E-state index < -0.39 is 0 Å². The number of methoxy groups -OCH3 is 2. The van der Waals surface area contributed by atoms with Gasteiger partial charge in [0.2, 0.25) is 0 Å². The van der Waals surface area contributed by atoms with E-state index in [1.54, 1.807) is 44.7 Å². The summed E-state index contributed by atoms with van der Waals surface area (Å²) in [7, 11) is 3.43. The van der Waals surface area contributed by atoms with Crippen LogP contribution >= 0.6 is 11.6 Å². The molecule has 2 atom stereocenters. The number of anilines is 1. The van der Waals surface area contributed by atoms with Crippen LogP contribution in [0.1, 0.15) is 30.9 Å². The summed E-state index contributed by atoms with van der Waals surface area (Å²) in [6.07, 6.45) is 4.79. The van der Waals surface area contributed by atoms with Gasteiger partial charge >= 0.3 is 6.03 Å². The third kappa shape index (κ3) is 5.47. The first kappa shape index (κ1) is 21.9. The molecule has 0 radical (unpaired) electrons. The average molecular weight is 445 g/mol. The fraction of sp³-hybridized carbons (Fsp3) is 0.478. The quantitative estimate of drug-likeness (QED) is 0.677. The summed E-state index contributed by atoms with van der Waals surface area (Å²) < 4.78 is 11.0. The molecule has 8 heteroatoms. The number of hydrogen-bond donors (Lipinski definition) is 2. The molecular weight excluding hydrogens is 416 g/mol. The molecule has 2 fully saturated rings. The number of amides is 2. The zero-order valence-electron chi connectivity index (χ0n) is 17.9. The average Bonchev–Trinajstić information content (AvgIpc) is 3.56. The summed E-state index contributed by atoms with van der Waals surface area (Å²) in [5.41, 5.74) is 1.66. The number of benzene rings is 1. The molecule has 1 saturated carbocycles. The van der Waals surface area contributed by atoms with Gasteiger partial charge in [-0.3, -0.25) is 9.88 Å². The van der Waals surface area contributed by atoms with Crippen LogP contribution in [0.3, 0.4) is 0 Å². The zero-order valence-corrected chi connectivity index (χ0v) is 18.7. The lowest BCUT2D eigenvalue weighted by molar-refractivity contribution is 0.0314. The van der Waals surface area contributed by atoms with Crippen molar-refractivity contribution in [1.82, 2.24) is 15.2 Å². The second kappa shape index (κ2) is 9.42. The summed E-state index contributed by atoms with van der Waals surface area (Å²) in [6.45, 7) is 2.64. The Hall–Kier alpha value is -2.35. The first-order chi connectivity index (χ1) is 15.0. The van der Waals surface area contributed by atoms with Gasteiger partial charge in [0.25, 0.3) is 0 Å². The number of likely N-dealkylation sites (tertiary alicyclic amines) is 1. The number of halogens is 1. The highest BCUT2D eigenvalue weighted by molar-refractivity contribution is 6.30. The lowest BCUT2D eigenvalue weighted by Crippen LogP contribution is -2.52. The van der Waals surface area contributed by atoms with Crippen molar-refractivity contribution in [2.45, 2.75) is 36.8 Å². The van der Waals surface area contributed by atoms with E-state index in [0.717, 1.165) is 50.3 Å². The van der Waals surface area contributed by atoms with Gasteiger partial charge in [-0.25, -0.2) is 4.79 Å². The van der Waals surface area contributed by atoms with Crippen LogP contribution in [0.25, 0.3) is 0 Å². The molecule has 2 aromatic rings. The molecule has 31 heavy (non-hydrogen) atoms. The molecule has 0 spiro atoms. The van der Waals surface area contributed by atoms with Crippen molar-refractivity contribution < 1.29 is 14.3 Å². The zero-order chi connectivity index (χ0) is 21.8. The second-order valence-corrected chi connectivity index (χ2v) is 8.79. The van der Waals surface area contributed by atoms with Gasteiger partial charge in [-0.2, -0.15) is 0 Å². The van der Waals surface area contributed by atoms with Crippen LogP contribution in [0.2, 0.25) is 5.02 Å². The Kier molecular flexibility index (Phi) is 6.65. The molecule has 166 valence electrons. The Morgan fingerprint density at radius 3 is 2.61 bits per heavy atom. The van der Waals surface area contributed by atoms with Gasteiger partial charge in [0.15, 0.2) is 0 Å². The summed E-state index contributed by atoms with van der Waals surface area (Å²) in [4.78, 5) is 19.7. The number of pyridine rings is 1. The van der Waals surface area contributed by atoms with Crippen LogP contribution in [-0.4, -0.2) is 61.4 Å². The number of nitrogens with one attached hydrogen (secondary N) is 2. The standard InChI is InChI=1S/C23H29ClN4O3/c1-30-18-7-8-20(25-13-18)19-14-28(15-23(31-2)10-11-23)12-9-21(19)27-22(29)26-17-5-3-16(24)4-6-17/h3-8,13,19,21H,9-12,14-15H2,1-2H3,(H2,26,27,29). The number of hydrogen-bond acceptors (Lipinski definition) is 5. The van der Waals surface area contributed by atoms with E-state index in [2.05, 4.69) is 20.5 Å². The molecule has 2 heterocycles. The molecule has 2 unspecified atom stereocenters. The lowest BCUT2D eigenvalue weighted by atomic mass is 9.88. The van der Waals surface area contributed by atoms with E-state index in [-0.39, 0.29) is 23.6 Å². The maximum absolute atomic E-state index is 12.7. The van der Waals surface area contributed by atoms with Gasteiger partial charge < -0.3 is 20.1 Å². The number of carbonyl (C=O) groups is 1. The van der Waals surface area contributed by atoms with Gasteiger partial charge in [-0.1, -0.05) is 11.6 Å². The SMILES string of the molecule is COc1ccc(C2CN(CC3(OC)CC3)CCC2NC(=O)Nc2ccc(Cl)cc2)nc1. The van der Waals surface area contributed by atoms with Crippen LogP contribution in [0.15, 0.2) is 42.6 Å². The van der Waals surface area contributed by atoms with Crippen LogP contribution in [-0.2, 0) is 4.74 Å². The Morgan fingerprint density at radius 2 is 2.00 bits per heavy atom. The topological polar surface area (TPSA) is 75.7 Å². The predicted molar refractivity (Wildman–Crippen MR) is 121 cm³/mol. The summed E-state index contributed by atoms with van der Waals surface area (Å²) >= 11 is 5.93. The van der Waals surface area contributed by atoms with Crippen LogP contribution in [0.4, 0.5) is 10.5 Å². The largest absolute Gasteiger partial charge is 0.495 e. The number of carbonyl (C=O) groups excluding carboxylic acids is 1. The number of urea groups is 1. The summed E-state index contributed by atoms with van der Waals surface area (Å²) in [5.74, 6) is 0.793. The first-order valence-corrected chi connectivity index (χ1v) is 11.0. The van der Waals surface area contributed by atoms with Gasteiger partial charge in [-0.05, 0) is 55.7 Å². The van der Waals surface area contributed by atoms with Crippen molar-refractivity contribution in [1.29, 1.82) is 0 Å². The molecule has 1 aromatic heterocycles. The molecule has 1 saturated heterocycles. The highest BCUT2D eigenvalue weighted by Gasteiger charge is 2.45. The molecule has 2 aliphatic rings. The van der Waals surface area contributed by atoms with Crippen LogP contribution in [0, 0.1) is 0 Å². The van der Waals surface area contributed by atoms with Gasteiger partial charge in [0, 0.05) is 55.1 Å². The van der Waals surface area contributed by atoms with Crippen LogP contribution < -0.4 is 15.4 Å². The Labute approximate surface area is 188 Å². The van der Waals surface area contributed by atoms with E-state index in [0.29, 0.717) is 10.7 Å². The third-order valence-electron chi connectivity index (χ3n) is 6.24. The minimum atomic E-state index is -0.227. The molecule has 1 aliphatic carbocycles. The van der Waals surface area contributed by atoms with E-state index in [4.69, 9.17) is 21.1 Å². The van der Waals surface area contributed by atoms with Gasteiger partial charge in [-0.15, -0.1) is 0 Å². The van der Waals surface area contributed by atoms with Gasteiger partial charge in [0.1, 0.15) is 5.75 Å². The maximum Gasteiger partial charge on any atom is 0.319 e. The van der Waals surface area contributed by atoms with E-state index in [1.165, 1.54) is 0 Å². The lowest BCUT2D eigenvalue weighted by Gasteiger charge is -2.40. The molecule has 7 nitrogen and oxygen atoms in total. The Morgan fingerprint density at radius 1 is 1.23 bits per heavy atom. The normalized spacial score (nSPS) is 22.5. The maximum atomic E-state index is 12.7. The van der Waals surface area contributed by atoms with E-state index >= 15 is 0 Å². The molecule has 2 N–H and O–H groups in total. The fourth-order valence-electron chi connectivity index (χ4n) is 4.21. The van der Waals surface area contributed by atoms with Crippen molar-refractivity contribution in [3.63, 3.8) is 0 Å². The number of nitrogens with zero attached hydrogens (tertiary/aromatic N) is 2. The van der Waals surface area contributed by atoms with Crippen molar-refractivity contribution in [3.05, 3.63) is 53.3 Å². The predicted octanol–water partition coefficient (Wildman–Crippen LogP) is 3.90. The molecule has 0 bridgehead atoms. The smallest absolute Gasteiger partial charge is 0.319 e. The third-order valence-corrected chi connectivity index (χ3v) is 6.49. The first-order valence-electron chi connectivity index (χ1n) is 10.6. The van der Waals surface area contributed by atoms with Gasteiger partial charge in [0.05, 0.1) is 18.9 Å². The number of piperidine rings is 1. The summed E-state index contributed by atoms with van der Waals surface area (Å²) in [6, 6.07) is 10.7. The fourth-order valence-corrected chi connectivity index (χ4v) is 4.34.